The molecule has 0 fully saturated rings. The first-order valence-corrected chi connectivity index (χ1v) is 12.6. The number of allylic oxidation sites excluding steroid dienone is 1. The number of ether oxygens (including phenoxy) is 1. The first-order chi connectivity index (χ1) is 18.3. The number of sulfone groups is 1. The van der Waals surface area contributed by atoms with Crippen molar-refractivity contribution in [2.45, 2.75) is 28.9 Å². The molecule has 0 saturated heterocycles. The van der Waals surface area contributed by atoms with Gasteiger partial charge in [-0.05, 0) is 49.4 Å². The van der Waals surface area contributed by atoms with Crippen LogP contribution in [0.2, 0.25) is 0 Å². The summed E-state index contributed by atoms with van der Waals surface area (Å²) in [5.41, 5.74) is -1.63. The lowest BCUT2D eigenvalue weighted by Gasteiger charge is -2.35. The Labute approximate surface area is 220 Å². The number of nitrogens with zero attached hydrogens (tertiary/aromatic N) is 2. The maximum atomic E-state index is 13.6. The summed E-state index contributed by atoms with van der Waals surface area (Å²) in [4.78, 5) is 25.1. The Morgan fingerprint density at radius 3 is 2.38 bits per heavy atom. The van der Waals surface area contributed by atoms with E-state index in [0.717, 1.165) is 23.1 Å². The summed E-state index contributed by atoms with van der Waals surface area (Å²) >= 11 is 0. The number of hydrogen-bond acceptors (Lipinski definition) is 6. The minimum Gasteiger partial charge on any atom is -0.449 e. The number of hydrogen-bond donors (Lipinski definition) is 2. The van der Waals surface area contributed by atoms with Crippen LogP contribution in [-0.2, 0) is 20.8 Å². The van der Waals surface area contributed by atoms with Crippen LogP contribution in [0, 0.1) is 11.3 Å². The molecule has 3 aromatic carbocycles. The van der Waals surface area contributed by atoms with Gasteiger partial charge in [-0.1, -0.05) is 30.3 Å². The molecule has 1 heterocycles. The molecule has 1 aliphatic heterocycles. The van der Waals surface area contributed by atoms with Gasteiger partial charge in [0.15, 0.2) is 5.76 Å². The summed E-state index contributed by atoms with van der Waals surface area (Å²) in [7, 11) is -4.29. The van der Waals surface area contributed by atoms with E-state index in [1.54, 1.807) is 6.07 Å². The summed E-state index contributed by atoms with van der Waals surface area (Å²) in [5, 5.41) is 21.2. The van der Waals surface area contributed by atoms with Crippen LogP contribution in [0.25, 0.3) is 0 Å². The summed E-state index contributed by atoms with van der Waals surface area (Å²) in [6.45, 7) is 1.25. The normalized spacial score (nSPS) is 15.9. The number of nitriles is 1. The molecule has 13 heteroatoms. The smallest absolute Gasteiger partial charge is 0.449 e. The van der Waals surface area contributed by atoms with Crippen molar-refractivity contribution in [2.24, 2.45) is 0 Å². The molecule has 200 valence electrons. The monoisotopic (exact) mass is 557 g/mol. The standard InChI is InChI=1S/C26H18F3N3O6S/c1-15-23(38-25(34)35)22(31-24(33)32(15)18-7-5-6-17(13-18)26(27,28)29)20-11-10-16(14-30)12-21(20)39(36,37)19-8-3-2-4-9-19/h2-13,22H,1H3,(H,31,33)(H,34,35). The van der Waals surface area contributed by atoms with Gasteiger partial charge in [0.2, 0.25) is 9.84 Å². The third kappa shape index (κ3) is 5.27. The van der Waals surface area contributed by atoms with E-state index in [0.29, 0.717) is 6.07 Å². The first-order valence-electron chi connectivity index (χ1n) is 11.1. The fraction of sp³-hybridized carbons (Fsp3) is 0.115. The van der Waals surface area contributed by atoms with Crippen molar-refractivity contribution in [2.75, 3.05) is 4.90 Å². The van der Waals surface area contributed by atoms with Crippen molar-refractivity contribution >= 4 is 27.7 Å². The zero-order valence-corrected chi connectivity index (χ0v) is 20.7. The van der Waals surface area contributed by atoms with Gasteiger partial charge >= 0.3 is 18.4 Å². The topological polar surface area (TPSA) is 137 Å². The van der Waals surface area contributed by atoms with Crippen molar-refractivity contribution in [3.63, 3.8) is 0 Å². The number of nitrogens with one attached hydrogen (secondary N) is 1. The number of carboxylic acid groups (broad SMARTS) is 1. The predicted octanol–water partition coefficient (Wildman–Crippen LogP) is 5.61. The summed E-state index contributed by atoms with van der Waals surface area (Å²) < 4.78 is 72.0. The number of amides is 2. The summed E-state index contributed by atoms with van der Waals surface area (Å²) in [6.07, 6.45) is -6.53. The molecule has 0 aromatic heterocycles. The molecular formula is C26H18F3N3O6S. The van der Waals surface area contributed by atoms with Crippen LogP contribution in [0.1, 0.15) is 29.7 Å². The van der Waals surface area contributed by atoms with Crippen molar-refractivity contribution in [3.05, 3.63) is 101 Å². The molecule has 39 heavy (non-hydrogen) atoms. The SMILES string of the molecule is CC1=C(OC(=O)O)C(c2ccc(C#N)cc2S(=O)(=O)c2ccccc2)NC(=O)N1c1cccc(C(F)(F)F)c1. The third-order valence-electron chi connectivity index (χ3n) is 5.85. The average molecular weight is 558 g/mol. The molecule has 0 radical (unpaired) electrons. The molecular weight excluding hydrogens is 539 g/mol. The molecule has 0 aliphatic carbocycles. The fourth-order valence-electron chi connectivity index (χ4n) is 4.10. The summed E-state index contributed by atoms with van der Waals surface area (Å²) in [6, 6.07) is 14.0. The second-order valence-corrected chi connectivity index (χ2v) is 10.2. The van der Waals surface area contributed by atoms with E-state index in [2.05, 4.69) is 5.32 Å². The van der Waals surface area contributed by atoms with Crippen LogP contribution in [-0.4, -0.2) is 25.7 Å². The number of anilines is 1. The van der Waals surface area contributed by atoms with Gasteiger partial charge in [0.25, 0.3) is 0 Å². The van der Waals surface area contributed by atoms with Crippen LogP contribution < -0.4 is 10.2 Å². The highest BCUT2D eigenvalue weighted by Gasteiger charge is 2.39. The van der Waals surface area contributed by atoms with E-state index in [9.17, 15) is 41.5 Å². The van der Waals surface area contributed by atoms with Crippen molar-refractivity contribution in [1.82, 2.24) is 5.32 Å². The Morgan fingerprint density at radius 2 is 1.77 bits per heavy atom. The van der Waals surface area contributed by atoms with E-state index in [1.165, 1.54) is 49.4 Å². The lowest BCUT2D eigenvalue weighted by molar-refractivity contribution is -0.137. The number of alkyl halides is 3. The van der Waals surface area contributed by atoms with Gasteiger partial charge in [-0.15, -0.1) is 0 Å². The highest BCUT2D eigenvalue weighted by atomic mass is 32.2. The van der Waals surface area contributed by atoms with Gasteiger partial charge in [-0.2, -0.15) is 18.4 Å². The first kappa shape index (κ1) is 27.2. The molecule has 3 aromatic rings. The largest absolute Gasteiger partial charge is 0.511 e. The van der Waals surface area contributed by atoms with Crippen LogP contribution in [0.15, 0.2) is 94.0 Å². The molecule has 4 rings (SSSR count). The molecule has 0 spiro atoms. The molecule has 1 atom stereocenters. The molecule has 1 unspecified atom stereocenters. The zero-order valence-electron chi connectivity index (χ0n) is 19.9. The van der Waals surface area contributed by atoms with Gasteiger partial charge in [0.1, 0.15) is 6.04 Å². The number of rotatable bonds is 5. The number of carbonyl (C=O) groups excluding carboxylic acids is 1. The Kier molecular flexibility index (Phi) is 7.08. The van der Waals surface area contributed by atoms with Gasteiger partial charge in [-0.3, -0.25) is 4.90 Å². The van der Waals surface area contributed by atoms with Gasteiger partial charge in [0.05, 0.1) is 38.4 Å². The van der Waals surface area contributed by atoms with E-state index in [-0.39, 0.29) is 27.4 Å². The van der Waals surface area contributed by atoms with Crippen LogP contribution in [0.4, 0.5) is 28.4 Å². The maximum absolute atomic E-state index is 13.6. The van der Waals surface area contributed by atoms with Gasteiger partial charge in [-0.25, -0.2) is 18.0 Å². The molecule has 2 N–H and O–H groups in total. The fourth-order valence-corrected chi connectivity index (χ4v) is 5.65. The van der Waals surface area contributed by atoms with Gasteiger partial charge < -0.3 is 15.2 Å². The molecule has 0 saturated carbocycles. The van der Waals surface area contributed by atoms with Crippen molar-refractivity contribution < 1.29 is 41.0 Å². The Morgan fingerprint density at radius 1 is 1.08 bits per heavy atom. The quantitative estimate of drug-likeness (QED) is 0.389. The molecule has 1 aliphatic rings. The highest BCUT2D eigenvalue weighted by Crippen LogP contribution is 2.39. The highest BCUT2D eigenvalue weighted by molar-refractivity contribution is 7.91. The lowest BCUT2D eigenvalue weighted by Crippen LogP contribution is -2.47. The second kappa shape index (κ2) is 10.1. The number of urea groups is 1. The van der Waals surface area contributed by atoms with Crippen molar-refractivity contribution in [1.29, 1.82) is 5.26 Å². The van der Waals surface area contributed by atoms with Crippen LogP contribution in [0.3, 0.4) is 0 Å². The molecule has 9 nitrogen and oxygen atoms in total. The Hall–Kier alpha value is -4.83. The number of halogens is 3. The lowest BCUT2D eigenvalue weighted by atomic mass is 10.00. The molecule has 0 bridgehead atoms. The van der Waals surface area contributed by atoms with E-state index >= 15 is 0 Å². The maximum Gasteiger partial charge on any atom is 0.511 e. The van der Waals surface area contributed by atoms with Gasteiger partial charge in [0, 0.05) is 5.56 Å². The molecule has 2 amide bonds. The predicted molar refractivity (Wildman–Crippen MR) is 130 cm³/mol. The average Bonchev–Trinajstić information content (AvgIpc) is 2.90. The van der Waals surface area contributed by atoms with E-state index < -0.39 is 50.5 Å². The third-order valence-corrected chi connectivity index (χ3v) is 7.68. The second-order valence-electron chi connectivity index (χ2n) is 8.26. The Bertz CT molecular complexity index is 1650. The van der Waals surface area contributed by atoms with E-state index in [4.69, 9.17) is 4.74 Å². The number of benzene rings is 3. The zero-order chi connectivity index (χ0) is 28.5. The van der Waals surface area contributed by atoms with E-state index in [1.807, 2.05) is 6.07 Å². The minimum absolute atomic E-state index is 0.0256. The number of carbonyl (C=O) groups is 2. The van der Waals surface area contributed by atoms with Crippen LogP contribution >= 0.6 is 0 Å². The Balaban J connectivity index is 1.93. The summed E-state index contributed by atoms with van der Waals surface area (Å²) in [5.74, 6) is -0.450. The minimum atomic E-state index is -4.72. The van der Waals surface area contributed by atoms with Crippen LogP contribution in [0.5, 0.6) is 0 Å². The van der Waals surface area contributed by atoms with Crippen molar-refractivity contribution in [3.8, 4) is 6.07 Å².